The second-order valence-electron chi connectivity index (χ2n) is 4.71. The fourth-order valence-corrected chi connectivity index (χ4v) is 1.84. The maximum atomic E-state index is 9.10. The van der Waals surface area contributed by atoms with Crippen molar-refractivity contribution in [2.24, 2.45) is 0 Å². The van der Waals surface area contributed by atoms with Crippen molar-refractivity contribution in [2.45, 2.75) is 27.7 Å². The van der Waals surface area contributed by atoms with E-state index in [4.69, 9.17) is 24.5 Å². The third kappa shape index (κ3) is 7.64. The first-order valence-corrected chi connectivity index (χ1v) is 7.21. The smallest absolute Gasteiger partial charge is 0.414 e. The Morgan fingerprint density at radius 2 is 1.50 bits per heavy atom. The molecule has 1 aromatic carbocycles. The van der Waals surface area contributed by atoms with E-state index in [1.807, 2.05) is 0 Å². The topological polar surface area (TPSA) is 87.1 Å². The van der Waals surface area contributed by atoms with Crippen LogP contribution >= 0.6 is 0 Å². The van der Waals surface area contributed by atoms with Gasteiger partial charge in [-0.15, -0.1) is 0 Å². The number of likely N-dealkylation sites (N-methyl/N-ethyl adjacent to an activating group) is 1. The molecule has 0 aromatic heterocycles. The van der Waals surface area contributed by atoms with Gasteiger partial charge in [0.15, 0.2) is 0 Å². The fourth-order valence-electron chi connectivity index (χ4n) is 1.84. The van der Waals surface area contributed by atoms with Crippen molar-refractivity contribution in [3.63, 3.8) is 0 Å². The van der Waals surface area contributed by atoms with E-state index in [2.05, 4.69) is 50.8 Å². The number of para-hydroxylation sites is 1. The van der Waals surface area contributed by atoms with Gasteiger partial charge in [-0.05, 0) is 38.1 Å². The molecule has 6 heteroatoms. The lowest BCUT2D eigenvalue weighted by atomic mass is 10.1. The van der Waals surface area contributed by atoms with Gasteiger partial charge in [0.05, 0.1) is 0 Å². The Balaban J connectivity index is 0.000000626. The Bertz CT molecular complexity index is 451. The summed E-state index contributed by atoms with van der Waals surface area (Å²) in [6.45, 7) is 12.5. The number of carboxylic acids is 2. The highest BCUT2D eigenvalue weighted by Crippen LogP contribution is 2.21. The van der Waals surface area contributed by atoms with E-state index in [0.29, 0.717) is 0 Å². The predicted molar refractivity (Wildman–Crippen MR) is 84.5 cm³/mol. The molecule has 0 aliphatic carbocycles. The normalized spacial score (nSPS) is 9.86. The Morgan fingerprint density at radius 1 is 1.05 bits per heavy atom. The number of carbonyl (C=O) groups is 2. The number of carboxylic acid groups (broad SMARTS) is 2. The second-order valence-corrected chi connectivity index (χ2v) is 4.71. The van der Waals surface area contributed by atoms with Gasteiger partial charge >= 0.3 is 11.9 Å². The maximum absolute atomic E-state index is 9.10. The van der Waals surface area contributed by atoms with E-state index in [-0.39, 0.29) is 0 Å². The molecular formula is C16H25NO5. The summed E-state index contributed by atoms with van der Waals surface area (Å²) in [4.78, 5) is 20.6. The molecule has 124 valence electrons. The molecule has 1 rings (SSSR count). The lowest BCUT2D eigenvalue weighted by Crippen LogP contribution is -2.28. The number of hydrogen-bond donors (Lipinski definition) is 2. The summed E-state index contributed by atoms with van der Waals surface area (Å²) < 4.78 is 5.86. The maximum Gasteiger partial charge on any atom is 0.414 e. The first kappa shape index (κ1) is 19.9. The standard InChI is InChI=1S/C14H23NO.C2H2O4/c1-5-15(6-2)10-11-16-14-12(3)8-7-9-13(14)4;3-1(4)2(5)6/h7-9H,5-6,10-11H2,1-4H3;(H,3,4)(H,5,6). The molecule has 0 atom stereocenters. The molecule has 2 N–H and O–H groups in total. The van der Waals surface area contributed by atoms with Crippen molar-refractivity contribution < 1.29 is 24.5 Å². The molecular weight excluding hydrogens is 286 g/mol. The van der Waals surface area contributed by atoms with Crippen molar-refractivity contribution in [3.05, 3.63) is 29.3 Å². The third-order valence-corrected chi connectivity index (χ3v) is 3.14. The van der Waals surface area contributed by atoms with Crippen LogP contribution in [0.25, 0.3) is 0 Å². The number of ether oxygens (including phenoxy) is 1. The van der Waals surface area contributed by atoms with Gasteiger partial charge in [-0.25, -0.2) is 9.59 Å². The largest absolute Gasteiger partial charge is 0.492 e. The zero-order valence-electron chi connectivity index (χ0n) is 13.6. The van der Waals surface area contributed by atoms with Crippen molar-refractivity contribution in [1.82, 2.24) is 4.90 Å². The molecule has 0 radical (unpaired) electrons. The number of rotatable bonds is 6. The zero-order chi connectivity index (χ0) is 17.1. The predicted octanol–water partition coefficient (Wildman–Crippen LogP) is 2.18. The lowest BCUT2D eigenvalue weighted by Gasteiger charge is -2.19. The van der Waals surface area contributed by atoms with Crippen molar-refractivity contribution >= 4 is 11.9 Å². The molecule has 0 aliphatic heterocycles. The van der Waals surface area contributed by atoms with E-state index in [1.165, 1.54) is 11.1 Å². The summed E-state index contributed by atoms with van der Waals surface area (Å²) in [7, 11) is 0. The summed E-state index contributed by atoms with van der Waals surface area (Å²) in [5.41, 5.74) is 2.44. The molecule has 0 unspecified atom stereocenters. The van der Waals surface area contributed by atoms with Crippen LogP contribution in [0.1, 0.15) is 25.0 Å². The van der Waals surface area contributed by atoms with Gasteiger partial charge in [-0.2, -0.15) is 0 Å². The SMILES string of the molecule is CCN(CC)CCOc1c(C)cccc1C.O=C(O)C(=O)O. The lowest BCUT2D eigenvalue weighted by molar-refractivity contribution is -0.159. The quantitative estimate of drug-likeness (QED) is 0.783. The molecule has 0 aliphatic rings. The zero-order valence-corrected chi connectivity index (χ0v) is 13.6. The molecule has 0 saturated carbocycles. The van der Waals surface area contributed by atoms with E-state index < -0.39 is 11.9 Å². The molecule has 0 saturated heterocycles. The Hall–Kier alpha value is -2.08. The van der Waals surface area contributed by atoms with Gasteiger partial charge in [0.1, 0.15) is 12.4 Å². The van der Waals surface area contributed by atoms with Crippen molar-refractivity contribution in [3.8, 4) is 5.75 Å². The van der Waals surface area contributed by atoms with Crippen LogP contribution in [0, 0.1) is 13.8 Å². The molecule has 6 nitrogen and oxygen atoms in total. The number of nitrogens with zero attached hydrogens (tertiary/aromatic N) is 1. The second kappa shape index (κ2) is 10.6. The first-order valence-electron chi connectivity index (χ1n) is 7.21. The van der Waals surface area contributed by atoms with Crippen molar-refractivity contribution in [1.29, 1.82) is 0 Å². The molecule has 0 spiro atoms. The highest BCUT2D eigenvalue weighted by Gasteiger charge is 2.04. The van der Waals surface area contributed by atoms with E-state index in [1.54, 1.807) is 0 Å². The molecule has 22 heavy (non-hydrogen) atoms. The van der Waals surface area contributed by atoms with Crippen LogP contribution in [0.4, 0.5) is 0 Å². The average molecular weight is 311 g/mol. The van der Waals surface area contributed by atoms with Crippen LogP contribution in [-0.2, 0) is 9.59 Å². The summed E-state index contributed by atoms with van der Waals surface area (Å²) in [6.07, 6.45) is 0. The Labute approximate surface area is 131 Å². The first-order chi connectivity index (χ1) is 10.3. The highest BCUT2D eigenvalue weighted by molar-refractivity contribution is 6.27. The van der Waals surface area contributed by atoms with Gasteiger partial charge in [0.25, 0.3) is 0 Å². The number of hydrogen-bond acceptors (Lipinski definition) is 4. The van der Waals surface area contributed by atoms with Crippen LogP contribution in [0.5, 0.6) is 5.75 Å². The Morgan fingerprint density at radius 3 is 1.86 bits per heavy atom. The summed E-state index contributed by atoms with van der Waals surface area (Å²) in [6, 6.07) is 6.27. The van der Waals surface area contributed by atoms with Gasteiger partial charge in [0, 0.05) is 6.54 Å². The van der Waals surface area contributed by atoms with Crippen molar-refractivity contribution in [2.75, 3.05) is 26.2 Å². The van der Waals surface area contributed by atoms with Crippen LogP contribution < -0.4 is 4.74 Å². The van der Waals surface area contributed by atoms with Gasteiger partial charge in [-0.1, -0.05) is 32.0 Å². The Kier molecular flexibility index (Phi) is 9.61. The minimum absolute atomic E-state index is 0.771. The van der Waals surface area contributed by atoms with E-state index in [9.17, 15) is 0 Å². The van der Waals surface area contributed by atoms with Gasteiger partial charge < -0.3 is 19.8 Å². The van der Waals surface area contributed by atoms with E-state index in [0.717, 1.165) is 32.0 Å². The van der Waals surface area contributed by atoms with Crippen LogP contribution in [-0.4, -0.2) is 53.3 Å². The molecule has 0 amide bonds. The van der Waals surface area contributed by atoms with Gasteiger partial charge in [0.2, 0.25) is 0 Å². The number of aryl methyl sites for hydroxylation is 2. The van der Waals surface area contributed by atoms with Crippen LogP contribution in [0.15, 0.2) is 18.2 Å². The summed E-state index contributed by atoms with van der Waals surface area (Å²) in [5.74, 6) is -2.60. The van der Waals surface area contributed by atoms with Gasteiger partial charge in [-0.3, -0.25) is 0 Å². The molecule has 0 bridgehead atoms. The number of aliphatic carboxylic acids is 2. The summed E-state index contributed by atoms with van der Waals surface area (Å²) >= 11 is 0. The summed E-state index contributed by atoms with van der Waals surface area (Å²) in [5, 5.41) is 14.8. The van der Waals surface area contributed by atoms with E-state index >= 15 is 0 Å². The average Bonchev–Trinajstić information content (AvgIpc) is 2.47. The molecule has 1 aromatic rings. The molecule has 0 fully saturated rings. The van der Waals surface area contributed by atoms with Crippen LogP contribution in [0.3, 0.4) is 0 Å². The number of benzene rings is 1. The molecule has 0 heterocycles. The van der Waals surface area contributed by atoms with Crippen LogP contribution in [0.2, 0.25) is 0 Å². The minimum Gasteiger partial charge on any atom is -0.492 e. The fraction of sp³-hybridized carbons (Fsp3) is 0.500. The highest BCUT2D eigenvalue weighted by atomic mass is 16.5. The monoisotopic (exact) mass is 311 g/mol. The minimum atomic E-state index is -1.82. The third-order valence-electron chi connectivity index (χ3n) is 3.14.